The van der Waals surface area contributed by atoms with Gasteiger partial charge in [-0.05, 0) is 47.4 Å². The maximum absolute atomic E-state index is 12.0. The first-order valence-electron chi connectivity index (χ1n) is 6.46. The van der Waals surface area contributed by atoms with Gasteiger partial charge in [0, 0.05) is 13.6 Å². The summed E-state index contributed by atoms with van der Waals surface area (Å²) >= 11 is 0. The van der Waals surface area contributed by atoms with Gasteiger partial charge in [0.05, 0.1) is 0 Å². The summed E-state index contributed by atoms with van der Waals surface area (Å²) in [6.45, 7) is 0.441. The van der Waals surface area contributed by atoms with E-state index in [4.69, 9.17) is 0 Å². The molecular formula is C11H17N5O2S. The van der Waals surface area contributed by atoms with Gasteiger partial charge in [-0.15, -0.1) is 0 Å². The lowest BCUT2D eigenvalue weighted by Gasteiger charge is -2.17. The van der Waals surface area contributed by atoms with Crippen molar-refractivity contribution in [3.63, 3.8) is 0 Å². The number of aromatic nitrogens is 4. The average molecular weight is 283 g/mol. The fourth-order valence-corrected chi connectivity index (χ4v) is 4.16. The largest absolute Gasteiger partial charge is 0.282 e. The van der Waals surface area contributed by atoms with Gasteiger partial charge in [-0.3, -0.25) is 0 Å². The van der Waals surface area contributed by atoms with Crippen LogP contribution in [0.1, 0.15) is 19.3 Å². The SMILES string of the molecule is Cn1nnnc1S(=O)(=O)NCC[C@@H]1C[C@@H]2C=C[C@H]1C2. The van der Waals surface area contributed by atoms with Crippen LogP contribution in [0.3, 0.4) is 0 Å². The topological polar surface area (TPSA) is 89.8 Å². The van der Waals surface area contributed by atoms with Crippen molar-refractivity contribution in [3.05, 3.63) is 12.2 Å². The molecule has 7 nitrogen and oxygen atoms in total. The Labute approximate surface area is 112 Å². The van der Waals surface area contributed by atoms with Gasteiger partial charge in [-0.25, -0.2) is 17.8 Å². The molecule has 0 radical (unpaired) electrons. The summed E-state index contributed by atoms with van der Waals surface area (Å²) in [5, 5.41) is 10.2. The van der Waals surface area contributed by atoms with Gasteiger partial charge in [-0.2, -0.15) is 0 Å². The Morgan fingerprint density at radius 3 is 2.84 bits per heavy atom. The summed E-state index contributed by atoms with van der Waals surface area (Å²) in [6, 6.07) is 0. The molecule has 1 aromatic heterocycles. The normalized spacial score (nSPS) is 29.2. The van der Waals surface area contributed by atoms with E-state index in [1.165, 1.54) is 19.9 Å². The highest BCUT2D eigenvalue weighted by Crippen LogP contribution is 2.44. The van der Waals surface area contributed by atoms with Crippen LogP contribution in [0.2, 0.25) is 0 Å². The van der Waals surface area contributed by atoms with Crippen molar-refractivity contribution in [1.29, 1.82) is 0 Å². The summed E-state index contributed by atoms with van der Waals surface area (Å²) in [4.78, 5) is 0. The molecule has 3 rings (SSSR count). The lowest BCUT2D eigenvalue weighted by molar-refractivity contribution is 0.414. The molecule has 1 aromatic rings. The molecule has 104 valence electrons. The molecule has 0 aromatic carbocycles. The van der Waals surface area contributed by atoms with Crippen LogP contribution in [0.25, 0.3) is 0 Å². The van der Waals surface area contributed by atoms with Crippen molar-refractivity contribution in [1.82, 2.24) is 24.9 Å². The molecule has 19 heavy (non-hydrogen) atoms. The number of hydrogen-bond donors (Lipinski definition) is 1. The van der Waals surface area contributed by atoms with Crippen molar-refractivity contribution in [2.75, 3.05) is 6.54 Å². The molecule has 0 aliphatic heterocycles. The number of hydrogen-bond acceptors (Lipinski definition) is 5. The molecule has 2 bridgehead atoms. The second-order valence-corrected chi connectivity index (χ2v) is 6.97. The number of rotatable bonds is 5. The summed E-state index contributed by atoms with van der Waals surface area (Å²) in [6.07, 6.45) is 7.87. The molecule has 2 aliphatic carbocycles. The number of nitrogens with zero attached hydrogens (tertiary/aromatic N) is 4. The predicted molar refractivity (Wildman–Crippen MR) is 67.4 cm³/mol. The molecule has 1 heterocycles. The Kier molecular flexibility index (Phi) is 3.14. The Morgan fingerprint density at radius 2 is 2.26 bits per heavy atom. The zero-order chi connectivity index (χ0) is 13.5. The number of allylic oxidation sites excluding steroid dienone is 2. The smallest absolute Gasteiger partial charge is 0.218 e. The second kappa shape index (κ2) is 4.68. The van der Waals surface area contributed by atoms with Crippen LogP contribution in [0.15, 0.2) is 17.3 Å². The number of nitrogens with one attached hydrogen (secondary N) is 1. The van der Waals surface area contributed by atoms with Crippen molar-refractivity contribution in [2.24, 2.45) is 24.8 Å². The third-order valence-electron chi connectivity index (χ3n) is 4.05. The van der Waals surface area contributed by atoms with E-state index in [2.05, 4.69) is 32.4 Å². The highest BCUT2D eigenvalue weighted by atomic mass is 32.2. The zero-order valence-corrected chi connectivity index (χ0v) is 11.5. The molecule has 0 spiro atoms. The van der Waals surface area contributed by atoms with Crippen molar-refractivity contribution < 1.29 is 8.42 Å². The van der Waals surface area contributed by atoms with Crippen LogP contribution in [-0.4, -0.2) is 35.2 Å². The van der Waals surface area contributed by atoms with Gasteiger partial charge >= 0.3 is 0 Å². The summed E-state index contributed by atoms with van der Waals surface area (Å²) in [5.74, 6) is 1.97. The Morgan fingerprint density at radius 1 is 1.42 bits per heavy atom. The second-order valence-electron chi connectivity index (χ2n) is 5.31. The minimum Gasteiger partial charge on any atom is -0.218 e. The first-order valence-corrected chi connectivity index (χ1v) is 7.95. The Bertz CT molecular complexity index is 594. The molecule has 8 heteroatoms. The van der Waals surface area contributed by atoms with Crippen LogP contribution in [0.4, 0.5) is 0 Å². The lowest BCUT2D eigenvalue weighted by Crippen LogP contribution is -2.29. The maximum Gasteiger partial charge on any atom is 0.282 e. The minimum atomic E-state index is -3.59. The number of aryl methyl sites for hydroxylation is 1. The molecule has 1 N–H and O–H groups in total. The zero-order valence-electron chi connectivity index (χ0n) is 10.7. The van der Waals surface area contributed by atoms with Crippen molar-refractivity contribution in [2.45, 2.75) is 24.4 Å². The molecule has 2 aliphatic rings. The van der Waals surface area contributed by atoms with Gasteiger partial charge < -0.3 is 0 Å². The van der Waals surface area contributed by atoms with E-state index in [-0.39, 0.29) is 5.16 Å². The highest BCUT2D eigenvalue weighted by molar-refractivity contribution is 7.89. The van der Waals surface area contributed by atoms with Crippen LogP contribution in [0.5, 0.6) is 0 Å². The first-order chi connectivity index (χ1) is 9.06. The van der Waals surface area contributed by atoms with Crippen LogP contribution in [-0.2, 0) is 17.1 Å². The summed E-state index contributed by atoms with van der Waals surface area (Å²) in [7, 11) is -2.08. The van der Waals surface area contributed by atoms with Gasteiger partial charge in [0.25, 0.3) is 15.2 Å². The third-order valence-corrected chi connectivity index (χ3v) is 5.46. The van der Waals surface area contributed by atoms with E-state index in [1.54, 1.807) is 0 Å². The van der Waals surface area contributed by atoms with E-state index in [0.29, 0.717) is 18.4 Å². The van der Waals surface area contributed by atoms with Crippen LogP contribution < -0.4 is 4.72 Å². The minimum absolute atomic E-state index is 0.139. The Balaban J connectivity index is 1.55. The van der Waals surface area contributed by atoms with Gasteiger partial charge in [0.15, 0.2) is 0 Å². The molecule has 0 saturated heterocycles. The van der Waals surface area contributed by atoms with Crippen LogP contribution in [0, 0.1) is 17.8 Å². The van der Waals surface area contributed by atoms with E-state index >= 15 is 0 Å². The molecule has 3 atom stereocenters. The number of tetrazole rings is 1. The van der Waals surface area contributed by atoms with Crippen molar-refractivity contribution >= 4 is 10.0 Å². The van der Waals surface area contributed by atoms with E-state index in [0.717, 1.165) is 17.0 Å². The predicted octanol–water partition coefficient (Wildman–Crippen LogP) is 0.0907. The van der Waals surface area contributed by atoms with Gasteiger partial charge in [0.1, 0.15) is 0 Å². The van der Waals surface area contributed by atoms with Crippen LogP contribution >= 0.6 is 0 Å². The maximum atomic E-state index is 12.0. The van der Waals surface area contributed by atoms with Gasteiger partial charge in [-0.1, -0.05) is 17.3 Å². The lowest BCUT2D eigenvalue weighted by atomic mass is 9.91. The fourth-order valence-electron chi connectivity index (χ4n) is 3.12. The standard InChI is InChI=1S/C11H17N5O2S/c1-16-11(13-14-15-16)19(17,18)12-5-4-10-7-8-2-3-9(10)6-8/h2-3,8-10,12H,4-7H2,1H3/t8-,9+,10-/m1/s1. The quantitative estimate of drug-likeness (QED) is 0.774. The average Bonchev–Trinajstić information content (AvgIpc) is 3.04. The molecular weight excluding hydrogens is 266 g/mol. The van der Waals surface area contributed by atoms with Gasteiger partial charge in [0.2, 0.25) is 0 Å². The molecule has 0 unspecified atom stereocenters. The van der Waals surface area contributed by atoms with E-state index in [9.17, 15) is 8.42 Å². The number of fused-ring (bicyclic) bond motifs is 2. The summed E-state index contributed by atoms with van der Waals surface area (Å²) < 4.78 is 27.6. The summed E-state index contributed by atoms with van der Waals surface area (Å²) in [5.41, 5.74) is 0. The number of sulfonamides is 1. The van der Waals surface area contributed by atoms with Crippen molar-refractivity contribution in [3.8, 4) is 0 Å². The molecule has 0 amide bonds. The monoisotopic (exact) mass is 283 g/mol. The highest BCUT2D eigenvalue weighted by Gasteiger charge is 2.35. The van der Waals surface area contributed by atoms with E-state index in [1.807, 2.05) is 0 Å². The first kappa shape index (κ1) is 12.7. The third kappa shape index (κ3) is 2.42. The molecule has 1 saturated carbocycles. The van der Waals surface area contributed by atoms with E-state index < -0.39 is 10.0 Å². The molecule has 1 fully saturated rings. The Hall–Kier alpha value is -1.28. The fraction of sp³-hybridized carbons (Fsp3) is 0.727.